The lowest BCUT2D eigenvalue weighted by molar-refractivity contribution is -0.0666. The van der Waals surface area contributed by atoms with E-state index in [-0.39, 0.29) is 5.75 Å². The maximum Gasteiger partial charge on any atom is 0.215 e. The molecule has 0 saturated heterocycles. The van der Waals surface area contributed by atoms with E-state index >= 15 is 0 Å². The summed E-state index contributed by atoms with van der Waals surface area (Å²) in [7, 11) is 1.74. The average Bonchev–Trinajstić information content (AvgIpc) is 2.69. The van der Waals surface area contributed by atoms with Crippen molar-refractivity contribution in [1.82, 2.24) is 9.62 Å². The molecule has 22 heavy (non-hydrogen) atoms. The van der Waals surface area contributed by atoms with Gasteiger partial charge in [0.05, 0.1) is 5.75 Å². The number of aliphatic hydroxyl groups excluding tert-OH is 1. The Balaban J connectivity index is 2.33. The van der Waals surface area contributed by atoms with Crippen molar-refractivity contribution >= 4 is 15.7 Å². The Hall–Kier alpha value is -1.19. The monoisotopic (exact) mass is 329 g/mol. The van der Waals surface area contributed by atoms with E-state index in [1.54, 1.807) is 18.2 Å². The first-order valence-electron chi connectivity index (χ1n) is 7.04. The van der Waals surface area contributed by atoms with Crippen molar-refractivity contribution in [3.63, 3.8) is 0 Å². The average molecular weight is 329 g/mol. The van der Waals surface area contributed by atoms with Gasteiger partial charge in [-0.15, -0.1) is 0 Å². The number of hydrogen-bond acceptors (Lipinski definition) is 6. The van der Waals surface area contributed by atoms with Gasteiger partial charge in [-0.25, -0.2) is 13.1 Å². The smallest absolute Gasteiger partial charge is 0.215 e. The fourth-order valence-corrected chi connectivity index (χ4v) is 3.30. The third-order valence-corrected chi connectivity index (χ3v) is 5.24. The molecule has 1 aliphatic rings. The molecule has 2 rings (SSSR count). The molecule has 124 valence electrons. The van der Waals surface area contributed by atoms with E-state index < -0.39 is 21.9 Å². The van der Waals surface area contributed by atoms with Gasteiger partial charge in [-0.3, -0.25) is 0 Å². The molecule has 8 heteroatoms. The summed E-state index contributed by atoms with van der Waals surface area (Å²) in [6, 6.07) is 5.00. The van der Waals surface area contributed by atoms with Crippen LogP contribution >= 0.6 is 0 Å². The number of nitrogens with zero attached hydrogens (tertiary/aromatic N) is 1. The summed E-state index contributed by atoms with van der Waals surface area (Å²) in [6.45, 7) is 0.591. The molecule has 1 aromatic carbocycles. The Kier molecular flexibility index (Phi) is 4.78. The molecule has 2 atom stereocenters. The Bertz CT molecular complexity index is 647. The number of anilines is 1. The van der Waals surface area contributed by atoms with Crippen LogP contribution < -0.4 is 10.0 Å². The van der Waals surface area contributed by atoms with Gasteiger partial charge in [-0.05, 0) is 45.3 Å². The van der Waals surface area contributed by atoms with E-state index in [0.29, 0.717) is 29.8 Å². The van der Waals surface area contributed by atoms with Crippen LogP contribution in [-0.4, -0.2) is 57.4 Å². The molecule has 1 aromatic rings. The van der Waals surface area contributed by atoms with E-state index in [9.17, 15) is 18.6 Å². The van der Waals surface area contributed by atoms with Gasteiger partial charge < -0.3 is 20.4 Å². The van der Waals surface area contributed by atoms with Crippen LogP contribution in [-0.2, 0) is 21.4 Å². The van der Waals surface area contributed by atoms with Gasteiger partial charge in [-0.1, -0.05) is 6.07 Å². The number of rotatable bonds is 6. The highest BCUT2D eigenvalue weighted by Crippen LogP contribution is 2.41. The number of fused-ring (bicyclic) bond motifs is 1. The lowest BCUT2D eigenvalue weighted by Gasteiger charge is -2.28. The summed E-state index contributed by atoms with van der Waals surface area (Å²) in [5.74, 6) is -0.170. The standard InChI is InChI=1S/C14H23N3O4S/c1-15-22(20,21)9-10-4-5-12-11(8-10)14(19,13(18)16-12)6-7-17(2)3/h4-5,8,13,15-16,18-19H,6-7,9H2,1-3H3. The molecule has 0 saturated carbocycles. The highest BCUT2D eigenvalue weighted by Gasteiger charge is 2.44. The molecular weight excluding hydrogens is 306 g/mol. The molecule has 0 fully saturated rings. The predicted octanol–water partition coefficient (Wildman–Crippen LogP) is -0.381. The second kappa shape index (κ2) is 6.13. The lowest BCUT2D eigenvalue weighted by atomic mass is 9.90. The van der Waals surface area contributed by atoms with E-state index in [4.69, 9.17) is 0 Å². The Labute approximate surface area is 131 Å². The molecule has 0 aromatic heterocycles. The fourth-order valence-electron chi connectivity index (χ4n) is 2.54. The first-order chi connectivity index (χ1) is 10.2. The summed E-state index contributed by atoms with van der Waals surface area (Å²) >= 11 is 0. The maximum absolute atomic E-state index is 11.7. The van der Waals surface area contributed by atoms with Crippen LogP contribution in [0.2, 0.25) is 0 Å². The maximum atomic E-state index is 11.7. The number of aliphatic hydroxyl groups is 2. The van der Waals surface area contributed by atoms with E-state index in [2.05, 4.69) is 10.0 Å². The van der Waals surface area contributed by atoms with Gasteiger partial charge in [-0.2, -0.15) is 0 Å². The lowest BCUT2D eigenvalue weighted by Crippen LogP contribution is -2.40. The van der Waals surface area contributed by atoms with Gasteiger partial charge in [0.25, 0.3) is 0 Å². The summed E-state index contributed by atoms with van der Waals surface area (Å²) in [4.78, 5) is 1.91. The van der Waals surface area contributed by atoms with Crippen molar-refractivity contribution in [3.8, 4) is 0 Å². The summed E-state index contributed by atoms with van der Waals surface area (Å²) in [5, 5.41) is 23.8. The number of hydrogen-bond donors (Lipinski definition) is 4. The van der Waals surface area contributed by atoms with E-state index in [1.165, 1.54) is 7.05 Å². The van der Waals surface area contributed by atoms with Crippen LogP contribution in [0.4, 0.5) is 5.69 Å². The summed E-state index contributed by atoms with van der Waals surface area (Å²) < 4.78 is 25.6. The minimum absolute atomic E-state index is 0.170. The van der Waals surface area contributed by atoms with Crippen molar-refractivity contribution in [3.05, 3.63) is 29.3 Å². The normalized spacial score (nSPS) is 24.4. The van der Waals surface area contributed by atoms with E-state index in [1.807, 2.05) is 19.0 Å². The zero-order valence-corrected chi connectivity index (χ0v) is 13.8. The van der Waals surface area contributed by atoms with Crippen LogP contribution in [0.15, 0.2) is 18.2 Å². The molecule has 1 heterocycles. The minimum Gasteiger partial charge on any atom is -0.380 e. The Morgan fingerprint density at radius 1 is 1.41 bits per heavy atom. The van der Waals surface area contributed by atoms with Gasteiger partial charge in [0.15, 0.2) is 6.23 Å². The fraction of sp³-hybridized carbons (Fsp3) is 0.571. The van der Waals surface area contributed by atoms with Gasteiger partial charge >= 0.3 is 0 Å². The Morgan fingerprint density at radius 3 is 2.68 bits per heavy atom. The Morgan fingerprint density at radius 2 is 2.09 bits per heavy atom. The summed E-state index contributed by atoms with van der Waals surface area (Å²) in [5.41, 5.74) is 0.288. The highest BCUT2D eigenvalue weighted by atomic mass is 32.2. The molecule has 2 unspecified atom stereocenters. The largest absolute Gasteiger partial charge is 0.380 e. The molecular formula is C14H23N3O4S. The molecule has 4 N–H and O–H groups in total. The third kappa shape index (κ3) is 3.41. The van der Waals surface area contributed by atoms with Crippen LogP contribution in [0.1, 0.15) is 17.5 Å². The molecule has 1 aliphatic heterocycles. The van der Waals surface area contributed by atoms with Crippen molar-refractivity contribution in [1.29, 1.82) is 0 Å². The van der Waals surface area contributed by atoms with Crippen molar-refractivity contribution in [2.24, 2.45) is 0 Å². The van der Waals surface area contributed by atoms with E-state index in [0.717, 1.165) is 0 Å². The van der Waals surface area contributed by atoms with Crippen molar-refractivity contribution < 1.29 is 18.6 Å². The van der Waals surface area contributed by atoms with Crippen LogP contribution in [0, 0.1) is 0 Å². The quantitative estimate of drug-likeness (QED) is 0.567. The molecule has 0 aliphatic carbocycles. The first-order valence-corrected chi connectivity index (χ1v) is 8.69. The van der Waals surface area contributed by atoms with Gasteiger partial charge in [0.1, 0.15) is 5.60 Å². The molecule has 7 nitrogen and oxygen atoms in total. The number of benzene rings is 1. The zero-order chi connectivity index (χ0) is 16.5. The van der Waals surface area contributed by atoms with Crippen LogP contribution in [0.5, 0.6) is 0 Å². The minimum atomic E-state index is -3.39. The predicted molar refractivity (Wildman–Crippen MR) is 84.8 cm³/mol. The van der Waals surface area contributed by atoms with Crippen LogP contribution in [0.25, 0.3) is 0 Å². The van der Waals surface area contributed by atoms with Crippen molar-refractivity contribution in [2.45, 2.75) is 24.0 Å². The molecule has 0 bridgehead atoms. The third-order valence-electron chi connectivity index (χ3n) is 3.90. The second-order valence-corrected chi connectivity index (χ2v) is 7.79. The number of sulfonamides is 1. The van der Waals surface area contributed by atoms with Gasteiger partial charge in [0.2, 0.25) is 10.0 Å². The van der Waals surface area contributed by atoms with Crippen molar-refractivity contribution in [2.75, 3.05) is 33.0 Å². The highest BCUT2D eigenvalue weighted by molar-refractivity contribution is 7.88. The second-order valence-electron chi connectivity index (χ2n) is 5.87. The first kappa shape index (κ1) is 17.2. The SMILES string of the molecule is CNS(=O)(=O)Cc1ccc2c(c1)C(O)(CCN(C)C)C(O)N2. The summed E-state index contributed by atoms with van der Waals surface area (Å²) in [6.07, 6.45) is -0.776. The number of nitrogens with one attached hydrogen (secondary N) is 2. The molecule has 0 amide bonds. The topological polar surface area (TPSA) is 102 Å². The van der Waals surface area contributed by atoms with Gasteiger partial charge in [0, 0.05) is 17.8 Å². The molecule has 0 spiro atoms. The van der Waals surface area contributed by atoms with Crippen LogP contribution in [0.3, 0.4) is 0 Å². The molecule has 0 radical (unpaired) electrons. The zero-order valence-electron chi connectivity index (χ0n) is 13.0.